The predicted octanol–water partition coefficient (Wildman–Crippen LogP) is 4.49. The fourth-order valence-corrected chi connectivity index (χ4v) is 4.92. The highest BCUT2D eigenvalue weighted by molar-refractivity contribution is 7.98. The smallest absolute Gasteiger partial charge is 0.339 e. The molecule has 148 valence electrons. The number of aromatic nitrogens is 1. The molecule has 0 N–H and O–H groups in total. The number of hydrogen-bond donors (Lipinski definition) is 0. The second kappa shape index (κ2) is 8.80. The minimum Gasteiger partial charge on any atom is -0.452 e. The summed E-state index contributed by atoms with van der Waals surface area (Å²) in [7, 11) is 0. The van der Waals surface area contributed by atoms with Gasteiger partial charge in [-0.15, -0.1) is 23.1 Å². The first-order valence-corrected chi connectivity index (χ1v) is 11.2. The van der Waals surface area contributed by atoms with Crippen LogP contribution in [0, 0.1) is 6.92 Å². The van der Waals surface area contributed by atoms with Gasteiger partial charge in [0.2, 0.25) is 0 Å². The Balaban J connectivity index is 1.38. The highest BCUT2D eigenvalue weighted by Crippen LogP contribution is 2.29. The van der Waals surface area contributed by atoms with Gasteiger partial charge in [-0.2, -0.15) is 0 Å². The monoisotopic (exact) mass is 424 g/mol. The highest BCUT2D eigenvalue weighted by atomic mass is 32.2. The maximum atomic E-state index is 12.6. The van der Waals surface area contributed by atoms with Crippen molar-refractivity contribution in [2.45, 2.75) is 24.0 Å². The standard InChI is InChI=1S/C22H20N2O3S2/c1-15-23-17(13-28-15)14-29-20-9-5-3-7-18(20)22(26)27-12-21(25)24-11-10-16-6-2-4-8-19(16)24/h2-9,13H,10-12,14H2,1H3. The van der Waals surface area contributed by atoms with Gasteiger partial charge in [-0.1, -0.05) is 30.3 Å². The zero-order chi connectivity index (χ0) is 20.2. The number of thiazole rings is 1. The van der Waals surface area contributed by atoms with Crippen LogP contribution in [0.25, 0.3) is 0 Å². The third-order valence-electron chi connectivity index (χ3n) is 4.66. The van der Waals surface area contributed by atoms with Crippen molar-refractivity contribution in [3.8, 4) is 0 Å². The van der Waals surface area contributed by atoms with Gasteiger partial charge in [-0.25, -0.2) is 9.78 Å². The van der Waals surface area contributed by atoms with Crippen LogP contribution in [-0.2, 0) is 21.7 Å². The molecule has 4 rings (SSSR count). The molecule has 5 nitrogen and oxygen atoms in total. The minimum absolute atomic E-state index is 0.202. The molecule has 0 aliphatic carbocycles. The maximum absolute atomic E-state index is 12.6. The van der Waals surface area contributed by atoms with Crippen LogP contribution in [0.3, 0.4) is 0 Å². The number of rotatable bonds is 6. The Kier molecular flexibility index (Phi) is 5.97. The number of carbonyl (C=O) groups excluding carboxylic acids is 2. The number of benzene rings is 2. The molecule has 2 heterocycles. The number of hydrogen-bond acceptors (Lipinski definition) is 6. The molecule has 3 aromatic rings. The van der Waals surface area contributed by atoms with Crippen molar-refractivity contribution in [1.82, 2.24) is 4.98 Å². The van der Waals surface area contributed by atoms with Crippen LogP contribution >= 0.6 is 23.1 Å². The Morgan fingerprint density at radius 1 is 1.17 bits per heavy atom. The van der Waals surface area contributed by atoms with Crippen molar-refractivity contribution in [3.63, 3.8) is 0 Å². The SMILES string of the molecule is Cc1nc(CSc2ccccc2C(=O)OCC(=O)N2CCc3ccccc32)cs1. The summed E-state index contributed by atoms with van der Waals surface area (Å²) in [5.41, 5.74) is 3.51. The van der Waals surface area contributed by atoms with E-state index in [0.717, 1.165) is 33.3 Å². The van der Waals surface area contributed by atoms with E-state index in [1.807, 2.05) is 48.7 Å². The van der Waals surface area contributed by atoms with E-state index >= 15 is 0 Å². The zero-order valence-electron chi connectivity index (χ0n) is 16.0. The van der Waals surface area contributed by atoms with E-state index in [1.54, 1.807) is 40.1 Å². The summed E-state index contributed by atoms with van der Waals surface area (Å²) in [4.78, 5) is 32.2. The molecule has 0 bridgehead atoms. The quantitative estimate of drug-likeness (QED) is 0.431. The van der Waals surface area contributed by atoms with E-state index in [9.17, 15) is 9.59 Å². The second-order valence-corrected chi connectivity index (χ2v) is 8.72. The molecule has 1 aliphatic heterocycles. The average molecular weight is 425 g/mol. The molecule has 29 heavy (non-hydrogen) atoms. The van der Waals surface area contributed by atoms with Gasteiger partial charge in [0.1, 0.15) is 0 Å². The zero-order valence-corrected chi connectivity index (χ0v) is 17.6. The van der Waals surface area contributed by atoms with Crippen LogP contribution in [0.5, 0.6) is 0 Å². The number of para-hydroxylation sites is 1. The van der Waals surface area contributed by atoms with Crippen LogP contribution in [0.4, 0.5) is 5.69 Å². The Bertz CT molecular complexity index is 1050. The fourth-order valence-electron chi connectivity index (χ4n) is 3.27. The molecular formula is C22H20N2O3S2. The number of nitrogens with zero attached hydrogens (tertiary/aromatic N) is 2. The first-order valence-electron chi connectivity index (χ1n) is 9.30. The Hall–Kier alpha value is -2.64. The van der Waals surface area contributed by atoms with Crippen molar-refractivity contribution in [2.24, 2.45) is 0 Å². The summed E-state index contributed by atoms with van der Waals surface area (Å²) in [5, 5.41) is 3.05. The van der Waals surface area contributed by atoms with E-state index < -0.39 is 5.97 Å². The van der Waals surface area contributed by atoms with Crippen molar-refractivity contribution < 1.29 is 14.3 Å². The number of fused-ring (bicyclic) bond motifs is 1. The first kappa shape index (κ1) is 19.7. The summed E-state index contributed by atoms with van der Waals surface area (Å²) in [6, 6.07) is 15.1. The Labute approximate surface area is 177 Å². The third kappa shape index (κ3) is 4.52. The molecule has 0 unspecified atom stereocenters. The summed E-state index contributed by atoms with van der Waals surface area (Å²) in [6.07, 6.45) is 0.825. The lowest BCUT2D eigenvalue weighted by Crippen LogP contribution is -2.33. The summed E-state index contributed by atoms with van der Waals surface area (Å²) < 4.78 is 5.36. The van der Waals surface area contributed by atoms with Gasteiger partial charge in [0, 0.05) is 28.3 Å². The van der Waals surface area contributed by atoms with E-state index in [0.29, 0.717) is 17.9 Å². The molecule has 0 radical (unpaired) electrons. The van der Waals surface area contributed by atoms with E-state index in [-0.39, 0.29) is 12.5 Å². The lowest BCUT2D eigenvalue weighted by Gasteiger charge is -2.17. The molecule has 1 aliphatic rings. The fraction of sp³-hybridized carbons (Fsp3) is 0.227. The number of ether oxygens (including phenoxy) is 1. The van der Waals surface area contributed by atoms with Gasteiger partial charge >= 0.3 is 5.97 Å². The van der Waals surface area contributed by atoms with Crippen molar-refractivity contribution in [1.29, 1.82) is 0 Å². The van der Waals surface area contributed by atoms with Gasteiger partial charge in [-0.05, 0) is 37.1 Å². The van der Waals surface area contributed by atoms with Crippen molar-refractivity contribution in [2.75, 3.05) is 18.1 Å². The lowest BCUT2D eigenvalue weighted by atomic mass is 10.2. The molecule has 0 atom stereocenters. The molecule has 0 fully saturated rings. The van der Waals surface area contributed by atoms with Crippen molar-refractivity contribution in [3.05, 3.63) is 75.7 Å². The normalized spacial score (nSPS) is 12.7. The molecule has 2 aromatic carbocycles. The molecule has 0 spiro atoms. The molecule has 1 amide bonds. The van der Waals surface area contributed by atoms with E-state index in [2.05, 4.69) is 4.98 Å². The highest BCUT2D eigenvalue weighted by Gasteiger charge is 2.25. The van der Waals surface area contributed by atoms with Crippen LogP contribution < -0.4 is 4.90 Å². The second-order valence-electron chi connectivity index (χ2n) is 6.64. The van der Waals surface area contributed by atoms with E-state index in [1.165, 1.54) is 0 Å². The van der Waals surface area contributed by atoms with Gasteiger partial charge in [0.15, 0.2) is 6.61 Å². The first-order chi connectivity index (χ1) is 14.1. The van der Waals surface area contributed by atoms with Gasteiger partial charge in [-0.3, -0.25) is 4.79 Å². The Morgan fingerprint density at radius 2 is 1.97 bits per heavy atom. The van der Waals surface area contributed by atoms with Crippen LogP contribution in [-0.4, -0.2) is 30.0 Å². The largest absolute Gasteiger partial charge is 0.452 e. The number of carbonyl (C=O) groups is 2. The number of amides is 1. The molecule has 0 saturated heterocycles. The van der Waals surface area contributed by atoms with Crippen LogP contribution in [0.15, 0.2) is 58.8 Å². The lowest BCUT2D eigenvalue weighted by molar-refractivity contribution is -0.121. The molecular weight excluding hydrogens is 404 g/mol. The van der Waals surface area contributed by atoms with Crippen LogP contribution in [0.1, 0.15) is 26.6 Å². The molecule has 7 heteroatoms. The summed E-state index contributed by atoms with van der Waals surface area (Å²) >= 11 is 3.15. The molecule has 1 aromatic heterocycles. The van der Waals surface area contributed by atoms with Crippen LogP contribution in [0.2, 0.25) is 0 Å². The number of esters is 1. The third-order valence-corrected chi connectivity index (χ3v) is 6.59. The van der Waals surface area contributed by atoms with Gasteiger partial charge in [0.25, 0.3) is 5.91 Å². The molecule has 0 saturated carbocycles. The van der Waals surface area contributed by atoms with E-state index in [4.69, 9.17) is 4.74 Å². The van der Waals surface area contributed by atoms with Gasteiger partial charge < -0.3 is 9.64 Å². The van der Waals surface area contributed by atoms with Crippen molar-refractivity contribution >= 4 is 40.7 Å². The summed E-state index contributed by atoms with van der Waals surface area (Å²) in [5.74, 6) is -0.00670. The minimum atomic E-state index is -0.483. The number of aryl methyl sites for hydroxylation is 1. The predicted molar refractivity (Wildman–Crippen MR) is 116 cm³/mol. The summed E-state index contributed by atoms with van der Waals surface area (Å²) in [6.45, 7) is 2.33. The number of anilines is 1. The van der Waals surface area contributed by atoms with Gasteiger partial charge in [0.05, 0.1) is 16.3 Å². The Morgan fingerprint density at radius 3 is 2.79 bits per heavy atom. The average Bonchev–Trinajstić information content (AvgIpc) is 3.36. The maximum Gasteiger partial charge on any atom is 0.339 e. The number of thioether (sulfide) groups is 1. The topological polar surface area (TPSA) is 59.5 Å².